The molecule has 2 aromatic rings. The molecule has 0 amide bonds. The predicted molar refractivity (Wildman–Crippen MR) is 115 cm³/mol. The number of nitrogens with one attached hydrogen (secondary N) is 2. The largest absolute Gasteiger partial charge is 0.375 e. The lowest BCUT2D eigenvalue weighted by Gasteiger charge is -2.34. The van der Waals surface area contributed by atoms with Crippen LogP contribution in [0.4, 0.5) is 5.82 Å². The van der Waals surface area contributed by atoms with Crippen molar-refractivity contribution in [1.29, 1.82) is 0 Å². The summed E-state index contributed by atoms with van der Waals surface area (Å²) in [5.41, 5.74) is 2.26. The summed E-state index contributed by atoms with van der Waals surface area (Å²) in [6.45, 7) is 6.07. The van der Waals surface area contributed by atoms with Gasteiger partial charge in [-0.05, 0) is 37.5 Å². The standard InChI is InChI=1S/C22H31N5O/c1-18-7-6-10-21(25-18)27-14-11-20(12-15-27)26-22(23-2)24-13-16-28-17-19-8-4-3-5-9-19/h3-10,20H,11-17H2,1-2H3,(H2,23,24,26). The van der Waals surface area contributed by atoms with Crippen molar-refractivity contribution in [3.63, 3.8) is 0 Å². The zero-order chi connectivity index (χ0) is 19.6. The summed E-state index contributed by atoms with van der Waals surface area (Å²) in [6.07, 6.45) is 2.14. The summed E-state index contributed by atoms with van der Waals surface area (Å²) in [4.78, 5) is 11.3. The van der Waals surface area contributed by atoms with Gasteiger partial charge in [0.05, 0.1) is 13.2 Å². The van der Waals surface area contributed by atoms with Crippen LogP contribution < -0.4 is 15.5 Å². The number of rotatable bonds is 7. The SMILES string of the molecule is CN=C(NCCOCc1ccccc1)NC1CCN(c2cccc(C)n2)CC1. The van der Waals surface area contributed by atoms with Crippen LogP contribution in [0.15, 0.2) is 53.5 Å². The fourth-order valence-corrected chi connectivity index (χ4v) is 3.35. The molecule has 2 N–H and O–H groups in total. The lowest BCUT2D eigenvalue weighted by molar-refractivity contribution is 0.125. The Hall–Kier alpha value is -2.60. The van der Waals surface area contributed by atoms with Crippen molar-refractivity contribution < 1.29 is 4.74 Å². The van der Waals surface area contributed by atoms with Gasteiger partial charge < -0.3 is 20.3 Å². The smallest absolute Gasteiger partial charge is 0.191 e. The quantitative estimate of drug-likeness (QED) is 0.439. The van der Waals surface area contributed by atoms with Crippen LogP contribution in [-0.4, -0.2) is 50.3 Å². The van der Waals surface area contributed by atoms with Gasteiger partial charge in [0.15, 0.2) is 5.96 Å². The summed E-state index contributed by atoms with van der Waals surface area (Å²) < 4.78 is 5.72. The molecule has 0 spiro atoms. The van der Waals surface area contributed by atoms with Gasteiger partial charge >= 0.3 is 0 Å². The van der Waals surface area contributed by atoms with E-state index in [2.05, 4.69) is 49.8 Å². The van der Waals surface area contributed by atoms with E-state index in [1.165, 1.54) is 5.56 Å². The molecule has 1 aliphatic rings. The van der Waals surface area contributed by atoms with Crippen molar-refractivity contribution in [3.05, 3.63) is 59.8 Å². The van der Waals surface area contributed by atoms with Crippen molar-refractivity contribution in [2.45, 2.75) is 32.4 Å². The number of ether oxygens (including phenoxy) is 1. The number of guanidine groups is 1. The van der Waals surface area contributed by atoms with Crippen molar-refractivity contribution in [2.75, 3.05) is 38.2 Å². The normalized spacial score (nSPS) is 15.5. The molecule has 0 unspecified atom stereocenters. The minimum atomic E-state index is 0.428. The van der Waals surface area contributed by atoms with Crippen LogP contribution in [0.5, 0.6) is 0 Å². The second-order valence-corrected chi connectivity index (χ2v) is 7.08. The number of hydrogen-bond donors (Lipinski definition) is 2. The van der Waals surface area contributed by atoms with Crippen LogP contribution in [-0.2, 0) is 11.3 Å². The molecule has 0 aliphatic carbocycles. The van der Waals surface area contributed by atoms with E-state index in [1.54, 1.807) is 0 Å². The minimum absolute atomic E-state index is 0.428. The van der Waals surface area contributed by atoms with Gasteiger partial charge in [-0.15, -0.1) is 0 Å². The van der Waals surface area contributed by atoms with Crippen molar-refractivity contribution in [1.82, 2.24) is 15.6 Å². The van der Waals surface area contributed by atoms with Gasteiger partial charge in [0, 0.05) is 38.4 Å². The Morgan fingerprint density at radius 3 is 2.64 bits per heavy atom. The molecule has 2 heterocycles. The Kier molecular flexibility index (Phi) is 7.67. The molecule has 0 bridgehead atoms. The molecule has 0 atom stereocenters. The van der Waals surface area contributed by atoms with E-state index in [4.69, 9.17) is 4.74 Å². The van der Waals surface area contributed by atoms with Crippen LogP contribution in [0.25, 0.3) is 0 Å². The number of piperidine rings is 1. The summed E-state index contributed by atoms with van der Waals surface area (Å²) in [5, 5.41) is 6.88. The molecule has 1 aliphatic heterocycles. The number of benzene rings is 1. The molecule has 3 rings (SSSR count). The number of aryl methyl sites for hydroxylation is 1. The molecule has 6 heteroatoms. The third kappa shape index (κ3) is 6.23. The fourth-order valence-electron chi connectivity index (χ4n) is 3.35. The molecule has 0 saturated carbocycles. The van der Waals surface area contributed by atoms with Crippen LogP contribution in [0.1, 0.15) is 24.1 Å². The van der Waals surface area contributed by atoms with Crippen molar-refractivity contribution >= 4 is 11.8 Å². The number of nitrogens with zero attached hydrogens (tertiary/aromatic N) is 3. The van der Waals surface area contributed by atoms with Crippen LogP contribution in [0.2, 0.25) is 0 Å². The Bertz CT molecular complexity index is 742. The van der Waals surface area contributed by atoms with E-state index < -0.39 is 0 Å². The summed E-state index contributed by atoms with van der Waals surface area (Å²) >= 11 is 0. The van der Waals surface area contributed by atoms with Gasteiger partial charge in [-0.1, -0.05) is 36.4 Å². The highest BCUT2D eigenvalue weighted by Gasteiger charge is 2.20. The Morgan fingerprint density at radius 1 is 1.14 bits per heavy atom. The van der Waals surface area contributed by atoms with E-state index in [0.717, 1.165) is 49.9 Å². The lowest BCUT2D eigenvalue weighted by atomic mass is 10.1. The maximum atomic E-state index is 5.72. The second-order valence-electron chi connectivity index (χ2n) is 7.08. The summed E-state index contributed by atoms with van der Waals surface area (Å²) in [6, 6.07) is 16.9. The molecule has 0 radical (unpaired) electrons. The van der Waals surface area contributed by atoms with Crippen molar-refractivity contribution in [2.24, 2.45) is 4.99 Å². The van der Waals surface area contributed by atoms with Gasteiger partial charge in [-0.3, -0.25) is 4.99 Å². The minimum Gasteiger partial charge on any atom is -0.375 e. The van der Waals surface area contributed by atoms with Gasteiger partial charge in [0.1, 0.15) is 5.82 Å². The highest BCUT2D eigenvalue weighted by atomic mass is 16.5. The molecule has 6 nitrogen and oxygen atoms in total. The lowest BCUT2D eigenvalue weighted by Crippen LogP contribution is -2.49. The number of anilines is 1. The zero-order valence-electron chi connectivity index (χ0n) is 16.9. The maximum Gasteiger partial charge on any atom is 0.191 e. The topological polar surface area (TPSA) is 61.8 Å². The van der Waals surface area contributed by atoms with E-state index in [1.807, 2.05) is 38.2 Å². The fraction of sp³-hybridized carbons (Fsp3) is 0.455. The highest BCUT2D eigenvalue weighted by molar-refractivity contribution is 5.79. The molecular weight excluding hydrogens is 350 g/mol. The van der Waals surface area contributed by atoms with Crippen LogP contribution in [0.3, 0.4) is 0 Å². The monoisotopic (exact) mass is 381 g/mol. The van der Waals surface area contributed by atoms with Crippen LogP contribution in [0, 0.1) is 6.92 Å². The van der Waals surface area contributed by atoms with E-state index in [0.29, 0.717) is 19.3 Å². The third-order valence-corrected chi connectivity index (χ3v) is 4.91. The molecule has 1 aromatic carbocycles. The van der Waals surface area contributed by atoms with E-state index in [9.17, 15) is 0 Å². The maximum absolute atomic E-state index is 5.72. The Morgan fingerprint density at radius 2 is 1.93 bits per heavy atom. The average Bonchev–Trinajstić information content (AvgIpc) is 2.74. The molecular formula is C22H31N5O. The summed E-state index contributed by atoms with van der Waals surface area (Å²) in [7, 11) is 1.81. The highest BCUT2D eigenvalue weighted by Crippen LogP contribution is 2.18. The molecule has 1 aromatic heterocycles. The number of aromatic nitrogens is 1. The molecule has 1 fully saturated rings. The van der Waals surface area contributed by atoms with E-state index in [-0.39, 0.29) is 0 Å². The number of hydrogen-bond acceptors (Lipinski definition) is 4. The first-order valence-corrected chi connectivity index (χ1v) is 10.0. The number of pyridine rings is 1. The van der Waals surface area contributed by atoms with Gasteiger partial charge in [0.2, 0.25) is 0 Å². The van der Waals surface area contributed by atoms with Gasteiger partial charge in [-0.2, -0.15) is 0 Å². The first-order chi connectivity index (χ1) is 13.7. The van der Waals surface area contributed by atoms with Crippen LogP contribution >= 0.6 is 0 Å². The molecule has 1 saturated heterocycles. The number of aliphatic imine (C=N–C) groups is 1. The first-order valence-electron chi connectivity index (χ1n) is 10.0. The van der Waals surface area contributed by atoms with Crippen molar-refractivity contribution in [3.8, 4) is 0 Å². The summed E-state index contributed by atoms with van der Waals surface area (Å²) in [5.74, 6) is 1.92. The van der Waals surface area contributed by atoms with Gasteiger partial charge in [-0.25, -0.2) is 4.98 Å². The van der Waals surface area contributed by atoms with E-state index >= 15 is 0 Å². The molecule has 28 heavy (non-hydrogen) atoms. The zero-order valence-corrected chi connectivity index (χ0v) is 16.9. The Balaban J connectivity index is 1.34. The third-order valence-electron chi connectivity index (χ3n) is 4.91. The first kappa shape index (κ1) is 20.1. The molecule has 150 valence electrons. The second kappa shape index (κ2) is 10.7. The predicted octanol–water partition coefficient (Wildman–Crippen LogP) is 2.74. The Labute approximate surface area is 168 Å². The average molecular weight is 382 g/mol. The van der Waals surface area contributed by atoms with Gasteiger partial charge in [0.25, 0.3) is 0 Å².